The first-order valence-electron chi connectivity index (χ1n) is 6.58. The summed E-state index contributed by atoms with van der Waals surface area (Å²) in [5.41, 5.74) is -5.45. The van der Waals surface area contributed by atoms with Crippen LogP contribution in [0.2, 0.25) is 0 Å². The van der Waals surface area contributed by atoms with E-state index in [4.69, 9.17) is 0 Å². The molecule has 0 aliphatic heterocycles. The Morgan fingerprint density at radius 2 is 1.52 bits per heavy atom. The van der Waals surface area contributed by atoms with Gasteiger partial charge >= 0.3 is 15.5 Å². The summed E-state index contributed by atoms with van der Waals surface area (Å²) in [6.45, 7) is 1.72. The molecule has 2 aromatic carbocycles. The van der Waals surface area contributed by atoms with E-state index in [9.17, 15) is 35.1 Å². The van der Waals surface area contributed by atoms with E-state index >= 15 is 0 Å². The summed E-state index contributed by atoms with van der Waals surface area (Å²) >= 11 is 0. The average molecular weight is 395 g/mol. The number of rotatable bonds is 4. The van der Waals surface area contributed by atoms with Gasteiger partial charge in [0, 0.05) is 0 Å². The average Bonchev–Trinajstić information content (AvgIpc) is 2.48. The number of sulfone groups is 1. The van der Waals surface area contributed by atoms with Crippen molar-refractivity contribution in [1.82, 2.24) is 0 Å². The first-order chi connectivity index (χ1) is 11.3. The van der Waals surface area contributed by atoms with E-state index in [2.05, 4.69) is 0 Å². The second kappa shape index (κ2) is 6.23. The Morgan fingerprint density at radius 1 is 0.960 bits per heavy atom. The van der Waals surface area contributed by atoms with Gasteiger partial charge in [-0.1, -0.05) is 17.7 Å². The number of alkyl halides is 3. The number of phenolic OH excluding ortho intramolecular Hbond substituents is 1. The standard InChI is InChI=1S/C14H12F3NO5S2/c1-9-2-5-11(6-3-9)24(20,21)13-8-10(4-7-12(13)19)18-25(22,23)14(15,16)17/h2-8,18-19H,1H3. The quantitative estimate of drug-likeness (QED) is 0.776. The van der Waals surface area contributed by atoms with Gasteiger partial charge in [-0.2, -0.15) is 21.6 Å². The molecule has 0 aromatic heterocycles. The normalized spacial score (nSPS) is 12.8. The van der Waals surface area contributed by atoms with Crippen LogP contribution in [0.25, 0.3) is 0 Å². The largest absolute Gasteiger partial charge is 0.516 e. The summed E-state index contributed by atoms with van der Waals surface area (Å²) in [6, 6.07) is 7.74. The van der Waals surface area contributed by atoms with E-state index in [0.29, 0.717) is 6.07 Å². The van der Waals surface area contributed by atoms with E-state index in [1.165, 1.54) is 29.0 Å². The zero-order chi connectivity index (χ0) is 19.0. The topological polar surface area (TPSA) is 101 Å². The molecule has 0 bridgehead atoms. The number of sulfonamides is 1. The molecule has 0 heterocycles. The maximum atomic E-state index is 12.5. The first-order valence-corrected chi connectivity index (χ1v) is 9.55. The minimum absolute atomic E-state index is 0.204. The van der Waals surface area contributed by atoms with Crippen molar-refractivity contribution in [3.63, 3.8) is 0 Å². The highest BCUT2D eigenvalue weighted by Crippen LogP contribution is 2.33. The molecule has 11 heteroatoms. The van der Waals surface area contributed by atoms with Crippen LogP contribution >= 0.6 is 0 Å². The number of phenols is 1. The predicted octanol–water partition coefficient (Wildman–Crippen LogP) is 2.79. The molecule has 2 aromatic rings. The third-order valence-corrected chi connectivity index (χ3v) is 6.05. The smallest absolute Gasteiger partial charge is 0.507 e. The van der Waals surface area contributed by atoms with Crippen LogP contribution in [0.5, 0.6) is 5.75 Å². The summed E-state index contributed by atoms with van der Waals surface area (Å²) in [5, 5.41) is 9.77. The first kappa shape index (κ1) is 19.1. The molecule has 25 heavy (non-hydrogen) atoms. The Morgan fingerprint density at radius 3 is 2.04 bits per heavy atom. The Kier molecular flexibility index (Phi) is 4.75. The summed E-state index contributed by atoms with van der Waals surface area (Å²) < 4.78 is 85.8. The highest BCUT2D eigenvalue weighted by molar-refractivity contribution is 7.93. The molecular formula is C14H12F3NO5S2. The Bertz CT molecular complexity index is 998. The fourth-order valence-electron chi connectivity index (χ4n) is 1.85. The van der Waals surface area contributed by atoms with Crippen LogP contribution in [0.1, 0.15) is 5.56 Å². The molecule has 0 aliphatic carbocycles. The number of benzene rings is 2. The van der Waals surface area contributed by atoms with Gasteiger partial charge in [0.1, 0.15) is 10.6 Å². The van der Waals surface area contributed by atoms with Crippen molar-refractivity contribution in [3.05, 3.63) is 48.0 Å². The minimum atomic E-state index is -5.72. The van der Waals surface area contributed by atoms with Crippen molar-refractivity contribution < 1.29 is 35.1 Å². The summed E-state index contributed by atoms with van der Waals surface area (Å²) in [5.74, 6) is -0.726. The number of aryl methyl sites for hydroxylation is 1. The number of nitrogens with one attached hydrogen (secondary N) is 1. The molecule has 0 aliphatic rings. The number of aromatic hydroxyl groups is 1. The van der Waals surface area contributed by atoms with Crippen LogP contribution in [0.4, 0.5) is 18.9 Å². The molecule has 0 unspecified atom stereocenters. The Balaban J connectivity index is 2.51. The van der Waals surface area contributed by atoms with E-state index < -0.39 is 41.7 Å². The molecular weight excluding hydrogens is 383 g/mol. The monoisotopic (exact) mass is 395 g/mol. The third-order valence-electron chi connectivity index (χ3n) is 3.14. The molecule has 136 valence electrons. The number of halogens is 3. The van der Waals surface area contributed by atoms with Crippen LogP contribution in [0.3, 0.4) is 0 Å². The minimum Gasteiger partial charge on any atom is -0.507 e. The van der Waals surface area contributed by atoms with Gasteiger partial charge in [-0.25, -0.2) is 8.42 Å². The summed E-state index contributed by atoms with van der Waals surface area (Å²) in [7, 11) is -9.99. The number of anilines is 1. The van der Waals surface area contributed by atoms with Crippen molar-refractivity contribution >= 4 is 25.5 Å². The second-order valence-electron chi connectivity index (χ2n) is 5.05. The maximum absolute atomic E-state index is 12.5. The van der Waals surface area contributed by atoms with Gasteiger partial charge in [0.15, 0.2) is 0 Å². The fraction of sp³-hybridized carbons (Fsp3) is 0.143. The highest BCUT2D eigenvalue weighted by Gasteiger charge is 2.46. The van der Waals surface area contributed by atoms with Crippen LogP contribution in [-0.4, -0.2) is 27.5 Å². The molecule has 0 atom stereocenters. The zero-order valence-electron chi connectivity index (χ0n) is 12.6. The summed E-state index contributed by atoms with van der Waals surface area (Å²) in [6.07, 6.45) is 0. The van der Waals surface area contributed by atoms with Gasteiger partial charge in [0.25, 0.3) is 0 Å². The number of hydrogen-bond acceptors (Lipinski definition) is 5. The molecule has 0 fully saturated rings. The molecule has 0 saturated carbocycles. The lowest BCUT2D eigenvalue weighted by Gasteiger charge is -2.13. The van der Waals surface area contributed by atoms with Gasteiger partial charge in [-0.15, -0.1) is 0 Å². The Labute approximate surface area is 141 Å². The molecule has 2 N–H and O–H groups in total. The van der Waals surface area contributed by atoms with Gasteiger partial charge < -0.3 is 5.11 Å². The molecule has 0 amide bonds. The van der Waals surface area contributed by atoms with E-state index in [1.807, 2.05) is 0 Å². The van der Waals surface area contributed by atoms with Gasteiger partial charge in [-0.05, 0) is 37.3 Å². The lowest BCUT2D eigenvalue weighted by Crippen LogP contribution is -2.29. The zero-order valence-corrected chi connectivity index (χ0v) is 14.2. The van der Waals surface area contributed by atoms with Crippen molar-refractivity contribution in [1.29, 1.82) is 0 Å². The van der Waals surface area contributed by atoms with E-state index in [-0.39, 0.29) is 4.90 Å². The van der Waals surface area contributed by atoms with Crippen molar-refractivity contribution in [3.8, 4) is 5.75 Å². The number of hydrogen-bond donors (Lipinski definition) is 2. The molecule has 2 rings (SSSR count). The van der Waals surface area contributed by atoms with Crippen molar-refractivity contribution in [2.24, 2.45) is 0 Å². The third kappa shape index (κ3) is 3.87. The maximum Gasteiger partial charge on any atom is 0.516 e. The van der Waals surface area contributed by atoms with Gasteiger partial charge in [-0.3, -0.25) is 4.72 Å². The highest BCUT2D eigenvalue weighted by atomic mass is 32.2. The van der Waals surface area contributed by atoms with Crippen LogP contribution in [0.15, 0.2) is 52.3 Å². The van der Waals surface area contributed by atoms with Crippen molar-refractivity contribution in [2.75, 3.05) is 4.72 Å². The SMILES string of the molecule is Cc1ccc(S(=O)(=O)c2cc(NS(=O)(=O)C(F)(F)F)ccc2O)cc1. The van der Waals surface area contributed by atoms with E-state index in [1.54, 1.807) is 6.92 Å². The van der Waals surface area contributed by atoms with Gasteiger partial charge in [0.05, 0.1) is 10.6 Å². The summed E-state index contributed by atoms with van der Waals surface area (Å²) in [4.78, 5) is -0.928. The predicted molar refractivity (Wildman–Crippen MR) is 83.3 cm³/mol. The molecule has 6 nitrogen and oxygen atoms in total. The molecule has 0 saturated heterocycles. The van der Waals surface area contributed by atoms with Crippen molar-refractivity contribution in [2.45, 2.75) is 22.2 Å². The van der Waals surface area contributed by atoms with Gasteiger partial charge in [0.2, 0.25) is 9.84 Å². The van der Waals surface area contributed by atoms with E-state index in [0.717, 1.165) is 17.7 Å². The second-order valence-corrected chi connectivity index (χ2v) is 8.64. The van der Waals surface area contributed by atoms with Crippen LogP contribution in [0, 0.1) is 6.92 Å². The van der Waals surface area contributed by atoms with Crippen LogP contribution in [-0.2, 0) is 19.9 Å². The van der Waals surface area contributed by atoms with Crippen LogP contribution < -0.4 is 4.72 Å². The Hall–Kier alpha value is -2.27. The lowest BCUT2D eigenvalue weighted by atomic mass is 10.2. The molecule has 0 spiro atoms. The molecule has 0 radical (unpaired) electrons. The fourth-order valence-corrected chi connectivity index (χ4v) is 3.78. The lowest BCUT2D eigenvalue weighted by molar-refractivity contribution is -0.0429.